The molecule has 2 atom stereocenters. The van der Waals surface area contributed by atoms with E-state index < -0.39 is 0 Å². The lowest BCUT2D eigenvalue weighted by Gasteiger charge is -2.22. The van der Waals surface area contributed by atoms with Crippen LogP contribution in [0.5, 0.6) is 0 Å². The summed E-state index contributed by atoms with van der Waals surface area (Å²) in [6.07, 6.45) is 2.02. The molecule has 2 unspecified atom stereocenters. The first-order chi connectivity index (χ1) is 9.84. The Hall–Kier alpha value is -1.40. The van der Waals surface area contributed by atoms with Crippen molar-refractivity contribution in [2.24, 2.45) is 5.92 Å². The number of nitrogens with one attached hydrogen (secondary N) is 2. The van der Waals surface area contributed by atoms with Crippen LogP contribution in [0.2, 0.25) is 0 Å². The number of carbonyl (C=O) groups excluding carboxylic acids is 1. The Bertz CT molecular complexity index is 504. The van der Waals surface area contributed by atoms with Gasteiger partial charge in [0.25, 0.3) is 5.91 Å². The van der Waals surface area contributed by atoms with Crippen LogP contribution in [0.3, 0.4) is 0 Å². The molecule has 1 amide bonds. The summed E-state index contributed by atoms with van der Waals surface area (Å²) in [5, 5.41) is 20.2. The molecule has 0 radical (unpaired) electrons. The molecule has 1 aliphatic rings. The largest absolute Gasteiger partial charge is 0.391 e. The average molecular weight is 294 g/mol. The minimum atomic E-state index is -0.381. The number of hydrogen-bond acceptors (Lipinski definition) is 4. The summed E-state index contributed by atoms with van der Waals surface area (Å²) in [7, 11) is 0. The summed E-state index contributed by atoms with van der Waals surface area (Å²) in [4.78, 5) is 12.4. The highest BCUT2D eigenvalue weighted by Gasteiger charge is 2.27. The van der Waals surface area contributed by atoms with Crippen LogP contribution in [0, 0.1) is 5.92 Å². The van der Waals surface area contributed by atoms with Gasteiger partial charge in [-0.2, -0.15) is 5.10 Å². The molecule has 2 rings (SSSR count). The number of aliphatic hydroxyl groups is 1. The molecule has 0 aromatic carbocycles. The van der Waals surface area contributed by atoms with Gasteiger partial charge in [0.15, 0.2) is 0 Å². The minimum absolute atomic E-state index is 0.0803. The Balaban J connectivity index is 2.07. The van der Waals surface area contributed by atoms with Crippen LogP contribution in [-0.2, 0) is 12.0 Å². The van der Waals surface area contributed by atoms with Crippen LogP contribution in [0.25, 0.3) is 0 Å². The van der Waals surface area contributed by atoms with E-state index in [4.69, 9.17) is 0 Å². The van der Waals surface area contributed by atoms with Crippen LogP contribution in [0.1, 0.15) is 43.7 Å². The second-order valence-corrected chi connectivity index (χ2v) is 6.64. The Morgan fingerprint density at radius 3 is 2.76 bits per heavy atom. The highest BCUT2D eigenvalue weighted by Crippen LogP contribution is 2.19. The second kappa shape index (κ2) is 6.15. The lowest BCUT2D eigenvalue weighted by atomic mass is 10.1. The SMILES string of the molecule is CCc1c(C(=O)NCC2CNCC2O)cnn1C(C)(C)C. The first kappa shape index (κ1) is 16.0. The van der Waals surface area contributed by atoms with E-state index in [9.17, 15) is 9.90 Å². The summed E-state index contributed by atoms with van der Waals surface area (Å²) < 4.78 is 1.91. The van der Waals surface area contributed by atoms with Gasteiger partial charge in [-0.25, -0.2) is 0 Å². The molecule has 21 heavy (non-hydrogen) atoms. The van der Waals surface area contributed by atoms with Gasteiger partial charge in [0.2, 0.25) is 0 Å². The molecule has 3 N–H and O–H groups in total. The number of rotatable bonds is 4. The summed E-state index contributed by atoms with van der Waals surface area (Å²) in [6.45, 7) is 10.1. The molecule has 0 spiro atoms. The summed E-state index contributed by atoms with van der Waals surface area (Å²) in [6, 6.07) is 0. The molecule has 6 nitrogen and oxygen atoms in total. The van der Waals surface area contributed by atoms with E-state index in [2.05, 4.69) is 36.5 Å². The van der Waals surface area contributed by atoms with Crippen molar-refractivity contribution in [2.75, 3.05) is 19.6 Å². The van der Waals surface area contributed by atoms with Crippen molar-refractivity contribution in [3.05, 3.63) is 17.5 Å². The summed E-state index contributed by atoms with van der Waals surface area (Å²) in [5.74, 6) is -0.0295. The standard InChI is InChI=1S/C15H26N4O2/c1-5-12-11(8-18-19(12)15(2,3)4)14(21)17-7-10-6-16-9-13(10)20/h8,10,13,16,20H,5-7,9H2,1-4H3,(H,17,21). The maximum atomic E-state index is 12.4. The molecule has 0 aliphatic carbocycles. The van der Waals surface area contributed by atoms with Crippen molar-refractivity contribution in [2.45, 2.75) is 45.8 Å². The fourth-order valence-corrected chi connectivity index (χ4v) is 2.73. The number of hydrogen-bond donors (Lipinski definition) is 3. The molecule has 1 fully saturated rings. The van der Waals surface area contributed by atoms with E-state index in [1.807, 2.05) is 11.6 Å². The molecule has 1 aliphatic heterocycles. The van der Waals surface area contributed by atoms with Crippen LogP contribution in [0.4, 0.5) is 0 Å². The number of aromatic nitrogens is 2. The number of amides is 1. The predicted molar refractivity (Wildman–Crippen MR) is 81.3 cm³/mol. The van der Waals surface area contributed by atoms with Gasteiger partial charge >= 0.3 is 0 Å². The third-order valence-electron chi connectivity index (χ3n) is 3.91. The van der Waals surface area contributed by atoms with Gasteiger partial charge in [-0.1, -0.05) is 6.92 Å². The van der Waals surface area contributed by atoms with E-state index in [1.54, 1.807) is 6.20 Å². The molecular weight excluding hydrogens is 268 g/mol. The summed E-state index contributed by atoms with van der Waals surface area (Å²) in [5.41, 5.74) is 1.44. The Labute approximate surface area is 125 Å². The maximum absolute atomic E-state index is 12.4. The first-order valence-electron chi connectivity index (χ1n) is 7.59. The Morgan fingerprint density at radius 1 is 1.52 bits per heavy atom. The monoisotopic (exact) mass is 294 g/mol. The zero-order valence-corrected chi connectivity index (χ0v) is 13.3. The molecule has 0 saturated carbocycles. The molecule has 0 bridgehead atoms. The highest BCUT2D eigenvalue weighted by molar-refractivity contribution is 5.95. The maximum Gasteiger partial charge on any atom is 0.254 e. The Morgan fingerprint density at radius 2 is 2.24 bits per heavy atom. The smallest absolute Gasteiger partial charge is 0.254 e. The van der Waals surface area contributed by atoms with E-state index in [0.717, 1.165) is 18.7 Å². The fraction of sp³-hybridized carbons (Fsp3) is 0.733. The van der Waals surface area contributed by atoms with Gasteiger partial charge in [-0.15, -0.1) is 0 Å². The average Bonchev–Trinajstić information content (AvgIpc) is 3.01. The van der Waals surface area contributed by atoms with Crippen LogP contribution in [0.15, 0.2) is 6.20 Å². The van der Waals surface area contributed by atoms with E-state index >= 15 is 0 Å². The predicted octanol–water partition coefficient (Wildman–Crippen LogP) is 0.511. The lowest BCUT2D eigenvalue weighted by molar-refractivity contribution is 0.0926. The van der Waals surface area contributed by atoms with Crippen LogP contribution >= 0.6 is 0 Å². The molecule has 1 saturated heterocycles. The van der Waals surface area contributed by atoms with E-state index in [1.165, 1.54) is 0 Å². The zero-order chi connectivity index (χ0) is 15.6. The lowest BCUT2D eigenvalue weighted by Crippen LogP contribution is -2.35. The van der Waals surface area contributed by atoms with Gasteiger partial charge in [0, 0.05) is 25.6 Å². The van der Waals surface area contributed by atoms with Crippen molar-refractivity contribution in [1.82, 2.24) is 20.4 Å². The molecule has 1 aromatic heterocycles. The quantitative estimate of drug-likeness (QED) is 0.756. The van der Waals surface area contributed by atoms with Gasteiger partial charge < -0.3 is 15.7 Å². The third-order valence-corrected chi connectivity index (χ3v) is 3.91. The van der Waals surface area contributed by atoms with E-state index in [-0.39, 0.29) is 23.5 Å². The van der Waals surface area contributed by atoms with Crippen molar-refractivity contribution in [1.29, 1.82) is 0 Å². The topological polar surface area (TPSA) is 79.2 Å². The summed E-state index contributed by atoms with van der Waals surface area (Å²) >= 11 is 0. The molecule has 6 heteroatoms. The first-order valence-corrected chi connectivity index (χ1v) is 7.59. The molecule has 118 valence electrons. The number of nitrogens with zero attached hydrogens (tertiary/aromatic N) is 2. The highest BCUT2D eigenvalue weighted by atomic mass is 16.3. The van der Waals surface area contributed by atoms with Gasteiger partial charge in [-0.05, 0) is 27.2 Å². The number of aliphatic hydroxyl groups excluding tert-OH is 1. The van der Waals surface area contributed by atoms with Gasteiger partial charge in [0.05, 0.1) is 29.1 Å². The van der Waals surface area contributed by atoms with Crippen LogP contribution < -0.4 is 10.6 Å². The molecule has 1 aromatic rings. The van der Waals surface area contributed by atoms with Gasteiger partial charge in [0.1, 0.15) is 0 Å². The second-order valence-electron chi connectivity index (χ2n) is 6.64. The van der Waals surface area contributed by atoms with Crippen molar-refractivity contribution in [3.63, 3.8) is 0 Å². The minimum Gasteiger partial charge on any atom is -0.391 e. The third kappa shape index (κ3) is 3.44. The molecule has 2 heterocycles. The Kier molecular flexibility index (Phi) is 4.68. The van der Waals surface area contributed by atoms with Crippen molar-refractivity contribution >= 4 is 5.91 Å². The number of carbonyl (C=O) groups is 1. The van der Waals surface area contributed by atoms with Gasteiger partial charge in [-0.3, -0.25) is 9.48 Å². The van der Waals surface area contributed by atoms with E-state index in [0.29, 0.717) is 18.7 Å². The fourth-order valence-electron chi connectivity index (χ4n) is 2.73. The van der Waals surface area contributed by atoms with Crippen molar-refractivity contribution < 1.29 is 9.90 Å². The molecular formula is C15H26N4O2. The number of β-amino-alcohol motifs (C(OH)–C–C–N with tert-alkyl or cyclic N) is 1. The zero-order valence-electron chi connectivity index (χ0n) is 13.3. The normalized spacial score (nSPS) is 22.5. The van der Waals surface area contributed by atoms with Crippen molar-refractivity contribution in [3.8, 4) is 0 Å². The van der Waals surface area contributed by atoms with Crippen LogP contribution in [-0.4, -0.2) is 46.5 Å².